The van der Waals surface area contributed by atoms with Crippen molar-refractivity contribution in [2.45, 2.75) is 33.7 Å². The van der Waals surface area contributed by atoms with Crippen LogP contribution in [0.4, 0.5) is 0 Å². The summed E-state index contributed by atoms with van der Waals surface area (Å²) in [6.45, 7) is 7.22. The van der Waals surface area contributed by atoms with E-state index in [1.165, 1.54) is 10.4 Å². The Morgan fingerprint density at radius 1 is 1.56 bits per heavy atom. The van der Waals surface area contributed by atoms with E-state index in [-0.39, 0.29) is 11.3 Å². The number of nitrogens with one attached hydrogen (secondary N) is 1. The maximum Gasteiger partial charge on any atom is 0.220 e. The van der Waals surface area contributed by atoms with Crippen LogP contribution in [-0.4, -0.2) is 12.5 Å². The maximum atomic E-state index is 11.7. The average Bonchev–Trinajstić information content (AvgIpc) is 2.60. The number of carbonyl (C=O) groups is 1. The van der Waals surface area contributed by atoms with Crippen molar-refractivity contribution < 1.29 is 4.79 Å². The third kappa shape index (κ3) is 3.94. The molecule has 0 saturated heterocycles. The second kappa shape index (κ2) is 5.46. The summed E-state index contributed by atoms with van der Waals surface area (Å²) in [4.78, 5) is 12.9. The molecule has 0 bridgehead atoms. The number of thiophene rings is 1. The van der Waals surface area contributed by atoms with Gasteiger partial charge in [0.15, 0.2) is 0 Å². The van der Waals surface area contributed by atoms with Crippen molar-refractivity contribution in [1.82, 2.24) is 5.32 Å². The Hall–Kier alpha value is -0.870. The predicted octanol–water partition coefficient (Wildman–Crippen LogP) is 2.05. The van der Waals surface area contributed by atoms with Crippen LogP contribution in [0.25, 0.3) is 0 Å². The van der Waals surface area contributed by atoms with Gasteiger partial charge in [-0.15, -0.1) is 11.3 Å². The lowest BCUT2D eigenvalue weighted by molar-refractivity contribution is -0.123. The summed E-state index contributed by atoms with van der Waals surface area (Å²) in [5.41, 5.74) is 6.71. The summed E-state index contributed by atoms with van der Waals surface area (Å²) >= 11 is 1.68. The Labute approximate surface area is 101 Å². The van der Waals surface area contributed by atoms with Gasteiger partial charge in [0.1, 0.15) is 0 Å². The largest absolute Gasteiger partial charge is 0.351 e. The van der Waals surface area contributed by atoms with Gasteiger partial charge in [0.05, 0.1) is 6.54 Å². The highest BCUT2D eigenvalue weighted by Gasteiger charge is 2.19. The molecule has 16 heavy (non-hydrogen) atoms. The molecule has 0 aliphatic heterocycles. The smallest absolute Gasteiger partial charge is 0.220 e. The van der Waals surface area contributed by atoms with E-state index in [0.29, 0.717) is 19.5 Å². The minimum Gasteiger partial charge on any atom is -0.351 e. The van der Waals surface area contributed by atoms with E-state index in [1.54, 1.807) is 11.3 Å². The average molecular weight is 240 g/mol. The molecule has 0 aliphatic rings. The number of nitrogens with two attached hydrogens (primary N) is 1. The Morgan fingerprint density at radius 3 is 2.75 bits per heavy atom. The molecule has 3 nitrogen and oxygen atoms in total. The van der Waals surface area contributed by atoms with Crippen molar-refractivity contribution >= 4 is 17.2 Å². The Balaban J connectivity index is 2.39. The minimum atomic E-state index is -0.116. The third-order valence-electron chi connectivity index (χ3n) is 2.61. The highest BCUT2D eigenvalue weighted by Crippen LogP contribution is 2.18. The highest BCUT2D eigenvalue weighted by atomic mass is 32.1. The van der Waals surface area contributed by atoms with Crippen molar-refractivity contribution in [3.05, 3.63) is 21.9 Å². The Bertz CT molecular complexity index is 358. The van der Waals surface area contributed by atoms with E-state index in [0.717, 1.165) is 0 Å². The van der Waals surface area contributed by atoms with E-state index in [9.17, 15) is 4.79 Å². The summed E-state index contributed by atoms with van der Waals surface area (Å²) in [5.74, 6) is 0.0725. The van der Waals surface area contributed by atoms with Crippen molar-refractivity contribution in [2.75, 3.05) is 6.54 Å². The first kappa shape index (κ1) is 13.2. The van der Waals surface area contributed by atoms with Gasteiger partial charge in [0.2, 0.25) is 5.91 Å². The molecule has 90 valence electrons. The normalized spacial score (nSPS) is 11.5. The van der Waals surface area contributed by atoms with E-state index >= 15 is 0 Å². The first-order valence-electron chi connectivity index (χ1n) is 5.44. The molecule has 1 aromatic heterocycles. The number of hydrogen-bond donors (Lipinski definition) is 2. The Kier molecular flexibility index (Phi) is 4.50. The maximum absolute atomic E-state index is 11.7. The first-order valence-corrected chi connectivity index (χ1v) is 6.32. The topological polar surface area (TPSA) is 55.1 Å². The van der Waals surface area contributed by atoms with Gasteiger partial charge in [-0.1, -0.05) is 13.8 Å². The van der Waals surface area contributed by atoms with Gasteiger partial charge < -0.3 is 11.1 Å². The van der Waals surface area contributed by atoms with Crippen LogP contribution in [0.3, 0.4) is 0 Å². The summed E-state index contributed by atoms with van der Waals surface area (Å²) in [5, 5.41) is 4.97. The predicted molar refractivity (Wildman–Crippen MR) is 68.4 cm³/mol. The van der Waals surface area contributed by atoms with Gasteiger partial charge in [0.25, 0.3) is 0 Å². The lowest BCUT2D eigenvalue weighted by Crippen LogP contribution is -2.32. The van der Waals surface area contributed by atoms with Crippen LogP contribution in [0.1, 0.15) is 30.7 Å². The molecule has 1 heterocycles. The van der Waals surface area contributed by atoms with Crippen LogP contribution in [0, 0.1) is 12.3 Å². The fraction of sp³-hybridized carbons (Fsp3) is 0.583. The highest BCUT2D eigenvalue weighted by molar-refractivity contribution is 7.10. The summed E-state index contributed by atoms with van der Waals surface area (Å²) < 4.78 is 0. The first-order chi connectivity index (χ1) is 7.44. The monoisotopic (exact) mass is 240 g/mol. The van der Waals surface area contributed by atoms with E-state index in [4.69, 9.17) is 5.73 Å². The fourth-order valence-corrected chi connectivity index (χ4v) is 2.18. The molecule has 3 N–H and O–H groups in total. The SMILES string of the molecule is Cc1ccsc1CNC(=O)CC(C)(C)CN. The second-order valence-corrected chi connectivity index (χ2v) is 5.85. The molecule has 0 unspecified atom stereocenters. The van der Waals surface area contributed by atoms with Crippen LogP contribution < -0.4 is 11.1 Å². The molecule has 0 radical (unpaired) electrons. The number of rotatable bonds is 5. The molecular formula is C12H20N2OS. The second-order valence-electron chi connectivity index (χ2n) is 4.85. The van der Waals surface area contributed by atoms with Crippen molar-refractivity contribution in [3.8, 4) is 0 Å². The molecule has 0 aliphatic carbocycles. The van der Waals surface area contributed by atoms with Gasteiger partial charge in [-0.25, -0.2) is 0 Å². The fourth-order valence-electron chi connectivity index (χ4n) is 1.33. The van der Waals surface area contributed by atoms with Crippen LogP contribution in [0.15, 0.2) is 11.4 Å². The summed E-state index contributed by atoms with van der Waals surface area (Å²) in [6, 6.07) is 2.07. The van der Waals surface area contributed by atoms with Crippen molar-refractivity contribution in [3.63, 3.8) is 0 Å². The van der Waals surface area contributed by atoms with Crippen LogP contribution in [0.2, 0.25) is 0 Å². The molecule has 4 heteroatoms. The van der Waals surface area contributed by atoms with Crippen molar-refractivity contribution in [2.24, 2.45) is 11.1 Å². The molecule has 0 spiro atoms. The molecule has 1 amide bonds. The standard InChI is InChI=1S/C12H20N2OS/c1-9-4-5-16-10(9)7-14-11(15)6-12(2,3)8-13/h4-5H,6-8,13H2,1-3H3,(H,14,15). The van der Waals surface area contributed by atoms with E-state index in [2.05, 4.69) is 18.3 Å². The zero-order valence-corrected chi connectivity index (χ0v) is 11.0. The van der Waals surface area contributed by atoms with Crippen LogP contribution in [0.5, 0.6) is 0 Å². The molecule has 0 saturated carbocycles. The van der Waals surface area contributed by atoms with Gasteiger partial charge in [-0.3, -0.25) is 4.79 Å². The van der Waals surface area contributed by atoms with Crippen molar-refractivity contribution in [1.29, 1.82) is 0 Å². The Morgan fingerprint density at radius 2 is 2.25 bits per heavy atom. The summed E-state index contributed by atoms with van der Waals surface area (Å²) in [7, 11) is 0. The third-order valence-corrected chi connectivity index (χ3v) is 3.63. The molecular weight excluding hydrogens is 220 g/mol. The zero-order valence-electron chi connectivity index (χ0n) is 10.2. The van der Waals surface area contributed by atoms with Gasteiger partial charge in [0, 0.05) is 11.3 Å². The van der Waals surface area contributed by atoms with Crippen LogP contribution in [-0.2, 0) is 11.3 Å². The number of amides is 1. The molecule has 0 atom stereocenters. The minimum absolute atomic E-state index is 0.0725. The van der Waals surface area contributed by atoms with Gasteiger partial charge in [-0.2, -0.15) is 0 Å². The molecule has 1 aromatic rings. The lowest BCUT2D eigenvalue weighted by atomic mass is 9.89. The van der Waals surface area contributed by atoms with Crippen LogP contribution >= 0.6 is 11.3 Å². The summed E-state index contributed by atoms with van der Waals surface area (Å²) in [6.07, 6.45) is 0.480. The number of aryl methyl sites for hydroxylation is 1. The quantitative estimate of drug-likeness (QED) is 0.827. The van der Waals surface area contributed by atoms with Gasteiger partial charge >= 0.3 is 0 Å². The van der Waals surface area contributed by atoms with E-state index < -0.39 is 0 Å². The van der Waals surface area contributed by atoms with E-state index in [1.807, 2.05) is 19.2 Å². The molecule has 0 aromatic carbocycles. The zero-order chi connectivity index (χ0) is 12.2. The number of hydrogen-bond acceptors (Lipinski definition) is 3. The lowest BCUT2D eigenvalue weighted by Gasteiger charge is -2.21. The van der Waals surface area contributed by atoms with Gasteiger partial charge in [-0.05, 0) is 35.9 Å². The molecule has 1 rings (SSSR count). The number of carbonyl (C=O) groups excluding carboxylic acids is 1. The molecule has 0 fully saturated rings.